The predicted octanol–water partition coefficient (Wildman–Crippen LogP) is 1.90. The Bertz CT molecular complexity index is 695. The van der Waals surface area contributed by atoms with Crippen LogP contribution in [0.1, 0.15) is 31.2 Å². The van der Waals surface area contributed by atoms with Gasteiger partial charge in [0.15, 0.2) is 0 Å². The van der Waals surface area contributed by atoms with E-state index in [1.807, 2.05) is 17.9 Å². The second-order valence-electron chi connectivity index (χ2n) is 7.61. The van der Waals surface area contributed by atoms with E-state index in [1.54, 1.807) is 6.33 Å². The Kier molecular flexibility index (Phi) is 4.00. The smallest absolute Gasteiger partial charge is 0.132 e. The summed E-state index contributed by atoms with van der Waals surface area (Å²) in [6.45, 7) is 9.88. The van der Waals surface area contributed by atoms with Crippen LogP contribution in [0.4, 0.5) is 5.82 Å². The fourth-order valence-electron chi connectivity index (χ4n) is 4.03. The number of aryl methyl sites for hydroxylation is 1. The minimum Gasteiger partial charge on any atom is -0.356 e. The van der Waals surface area contributed by atoms with Gasteiger partial charge in [-0.15, -0.1) is 0 Å². The molecule has 24 heavy (non-hydrogen) atoms. The molecule has 6 nitrogen and oxygen atoms in total. The van der Waals surface area contributed by atoms with Crippen molar-refractivity contribution in [3.05, 3.63) is 36.3 Å². The van der Waals surface area contributed by atoms with Gasteiger partial charge in [0.2, 0.25) is 0 Å². The third kappa shape index (κ3) is 3.02. The molecule has 2 saturated heterocycles. The number of hydrogen-bond donors (Lipinski definition) is 0. The molecule has 2 aromatic heterocycles. The summed E-state index contributed by atoms with van der Waals surface area (Å²) in [7, 11) is 2.03. The van der Waals surface area contributed by atoms with Crippen molar-refractivity contribution in [1.82, 2.24) is 24.4 Å². The zero-order chi connectivity index (χ0) is 16.7. The molecule has 0 saturated carbocycles. The average molecular weight is 326 g/mol. The van der Waals surface area contributed by atoms with E-state index < -0.39 is 0 Å². The molecule has 2 aromatic rings. The van der Waals surface area contributed by atoms with Gasteiger partial charge in [0.25, 0.3) is 0 Å². The summed E-state index contributed by atoms with van der Waals surface area (Å²) < 4.78 is 2.02. The maximum absolute atomic E-state index is 4.51. The van der Waals surface area contributed by atoms with E-state index in [9.17, 15) is 0 Å². The Morgan fingerprint density at radius 1 is 1.08 bits per heavy atom. The van der Waals surface area contributed by atoms with Gasteiger partial charge in [0.05, 0.1) is 12.0 Å². The highest BCUT2D eigenvalue weighted by molar-refractivity contribution is 5.41. The molecule has 2 atom stereocenters. The Hall–Kier alpha value is -1.95. The number of hydrogen-bond acceptors (Lipinski definition) is 5. The zero-order valence-corrected chi connectivity index (χ0v) is 14.8. The van der Waals surface area contributed by atoms with Crippen LogP contribution >= 0.6 is 0 Å². The van der Waals surface area contributed by atoms with Crippen LogP contribution in [0.5, 0.6) is 0 Å². The molecule has 4 heterocycles. The number of imidazole rings is 1. The van der Waals surface area contributed by atoms with E-state index in [2.05, 4.69) is 50.9 Å². The first kappa shape index (κ1) is 15.6. The molecule has 2 fully saturated rings. The summed E-state index contributed by atoms with van der Waals surface area (Å²) >= 11 is 0. The molecule has 0 aliphatic carbocycles. The summed E-state index contributed by atoms with van der Waals surface area (Å²) in [5.41, 5.74) is 2.31. The van der Waals surface area contributed by atoms with Gasteiger partial charge in [0, 0.05) is 57.7 Å². The molecule has 2 unspecified atom stereocenters. The second kappa shape index (κ2) is 6.16. The van der Waals surface area contributed by atoms with E-state index in [0.717, 1.165) is 43.0 Å². The van der Waals surface area contributed by atoms with Gasteiger partial charge < -0.3 is 9.47 Å². The Morgan fingerprint density at radius 2 is 1.83 bits per heavy atom. The fraction of sp³-hybridized carbons (Fsp3) is 0.611. The monoisotopic (exact) mass is 326 g/mol. The molecule has 0 aromatic carbocycles. The van der Waals surface area contributed by atoms with E-state index in [1.165, 1.54) is 18.8 Å². The lowest BCUT2D eigenvalue weighted by Crippen LogP contribution is -2.29. The third-order valence-electron chi connectivity index (χ3n) is 5.30. The van der Waals surface area contributed by atoms with Crippen LogP contribution in [0.3, 0.4) is 0 Å². The summed E-state index contributed by atoms with van der Waals surface area (Å²) in [5, 5.41) is 0. The van der Waals surface area contributed by atoms with Crippen molar-refractivity contribution in [2.75, 3.05) is 31.1 Å². The number of anilines is 1. The number of fused-ring (bicyclic) bond motifs is 1. The number of aromatic nitrogens is 4. The van der Waals surface area contributed by atoms with E-state index in [4.69, 9.17) is 0 Å². The van der Waals surface area contributed by atoms with Crippen molar-refractivity contribution in [1.29, 1.82) is 0 Å². The Labute approximate surface area is 143 Å². The number of rotatable bonds is 4. The van der Waals surface area contributed by atoms with Crippen LogP contribution in [0, 0.1) is 11.8 Å². The topological polar surface area (TPSA) is 50.1 Å². The lowest BCUT2D eigenvalue weighted by molar-refractivity contribution is 0.305. The summed E-state index contributed by atoms with van der Waals surface area (Å²) in [6, 6.07) is 2.16. The van der Waals surface area contributed by atoms with Crippen LogP contribution in [-0.2, 0) is 13.6 Å². The number of likely N-dealkylation sites (tertiary alicyclic amines) is 1. The lowest BCUT2D eigenvalue weighted by Gasteiger charge is -2.22. The van der Waals surface area contributed by atoms with Gasteiger partial charge >= 0.3 is 0 Å². The van der Waals surface area contributed by atoms with Crippen molar-refractivity contribution >= 4 is 5.82 Å². The normalized spacial score (nSPS) is 24.1. The summed E-state index contributed by atoms with van der Waals surface area (Å²) in [4.78, 5) is 18.3. The largest absolute Gasteiger partial charge is 0.356 e. The molecular formula is C18H26N6. The minimum absolute atomic E-state index is 0.447. The van der Waals surface area contributed by atoms with E-state index >= 15 is 0 Å². The maximum Gasteiger partial charge on any atom is 0.132 e. The van der Waals surface area contributed by atoms with Crippen molar-refractivity contribution in [3.8, 4) is 0 Å². The fourth-order valence-corrected chi connectivity index (χ4v) is 4.03. The van der Waals surface area contributed by atoms with Crippen molar-refractivity contribution < 1.29 is 0 Å². The van der Waals surface area contributed by atoms with E-state index in [0.29, 0.717) is 5.92 Å². The van der Waals surface area contributed by atoms with Gasteiger partial charge in [-0.1, -0.05) is 13.8 Å². The van der Waals surface area contributed by atoms with Gasteiger partial charge in [0.1, 0.15) is 12.1 Å². The molecule has 0 bridgehead atoms. The highest BCUT2D eigenvalue weighted by Gasteiger charge is 2.40. The molecule has 4 rings (SSSR count). The molecule has 0 N–H and O–H groups in total. The van der Waals surface area contributed by atoms with Crippen LogP contribution < -0.4 is 4.90 Å². The van der Waals surface area contributed by atoms with Crippen molar-refractivity contribution in [2.45, 2.75) is 26.3 Å². The lowest BCUT2D eigenvalue weighted by atomic mass is 10.0. The van der Waals surface area contributed by atoms with Crippen LogP contribution in [-0.4, -0.2) is 50.6 Å². The average Bonchev–Trinajstić information content (AvgIpc) is 3.22. The first-order valence-electron chi connectivity index (χ1n) is 8.84. The third-order valence-corrected chi connectivity index (χ3v) is 5.30. The quantitative estimate of drug-likeness (QED) is 0.859. The first-order chi connectivity index (χ1) is 11.6. The van der Waals surface area contributed by atoms with Crippen molar-refractivity contribution in [2.24, 2.45) is 18.9 Å². The molecule has 2 aliphatic rings. The summed E-state index contributed by atoms with van der Waals surface area (Å²) in [5.74, 6) is 3.03. The second-order valence-corrected chi connectivity index (χ2v) is 7.61. The molecular weight excluding hydrogens is 300 g/mol. The number of nitrogens with zero attached hydrogens (tertiary/aromatic N) is 6. The molecule has 0 radical (unpaired) electrons. The predicted molar refractivity (Wildman–Crippen MR) is 93.8 cm³/mol. The zero-order valence-electron chi connectivity index (χ0n) is 14.8. The minimum atomic E-state index is 0.447. The van der Waals surface area contributed by atoms with Crippen molar-refractivity contribution in [3.63, 3.8) is 0 Å². The maximum atomic E-state index is 4.51. The van der Waals surface area contributed by atoms with Gasteiger partial charge in [-0.05, 0) is 17.8 Å². The highest BCUT2D eigenvalue weighted by Crippen LogP contribution is 2.34. The standard InChI is InChI=1S/C18H26N6/c1-13(2)17-4-18(20-11-19-17)24-7-14-5-23(6-15(14)8-24)10-16-9-22(3)12-21-16/h4,9,11-15H,5-8,10H2,1-3H3. The summed E-state index contributed by atoms with van der Waals surface area (Å²) in [6.07, 6.45) is 5.72. The molecule has 6 heteroatoms. The van der Waals surface area contributed by atoms with Gasteiger partial charge in [-0.25, -0.2) is 15.0 Å². The van der Waals surface area contributed by atoms with Crippen LogP contribution in [0.15, 0.2) is 24.9 Å². The van der Waals surface area contributed by atoms with E-state index in [-0.39, 0.29) is 0 Å². The molecule has 128 valence electrons. The Morgan fingerprint density at radius 3 is 2.46 bits per heavy atom. The van der Waals surface area contributed by atoms with Gasteiger partial charge in [-0.2, -0.15) is 0 Å². The SMILES string of the molecule is CC(C)c1cc(N2CC3CN(Cc4cn(C)cn4)CC3C2)ncn1. The molecule has 2 aliphatic heterocycles. The Balaban J connectivity index is 1.38. The molecule has 0 spiro atoms. The first-order valence-corrected chi connectivity index (χ1v) is 8.84. The van der Waals surface area contributed by atoms with Crippen LogP contribution in [0.25, 0.3) is 0 Å². The highest BCUT2D eigenvalue weighted by atomic mass is 15.3. The molecule has 0 amide bonds. The van der Waals surface area contributed by atoms with Gasteiger partial charge in [-0.3, -0.25) is 4.90 Å². The van der Waals surface area contributed by atoms with Crippen LogP contribution in [0.2, 0.25) is 0 Å².